The Bertz CT molecular complexity index is 823. The minimum atomic E-state index is -3.48. The summed E-state index contributed by atoms with van der Waals surface area (Å²) < 4.78 is 26.6. The van der Waals surface area contributed by atoms with E-state index in [-0.39, 0.29) is 24.9 Å². The maximum absolute atomic E-state index is 12.4. The van der Waals surface area contributed by atoms with Gasteiger partial charge in [-0.3, -0.25) is 20.4 Å². The van der Waals surface area contributed by atoms with E-state index in [4.69, 9.17) is 0 Å². The molecule has 2 aromatic heterocycles. The highest BCUT2D eigenvalue weighted by Gasteiger charge is 2.32. The van der Waals surface area contributed by atoms with Gasteiger partial charge in [0.25, 0.3) is 15.9 Å². The van der Waals surface area contributed by atoms with Gasteiger partial charge in [0.05, 0.1) is 0 Å². The van der Waals surface area contributed by atoms with Gasteiger partial charge in [-0.1, -0.05) is 6.07 Å². The monoisotopic (exact) mass is 382 g/mol. The van der Waals surface area contributed by atoms with Crippen molar-refractivity contribution >= 4 is 33.2 Å². The van der Waals surface area contributed by atoms with Gasteiger partial charge in [-0.15, -0.1) is 11.3 Å². The summed E-state index contributed by atoms with van der Waals surface area (Å²) in [6, 6.07) is 6.55. The van der Waals surface area contributed by atoms with Crippen molar-refractivity contribution < 1.29 is 18.0 Å². The zero-order valence-electron chi connectivity index (χ0n) is 13.3. The van der Waals surface area contributed by atoms with E-state index in [1.807, 2.05) is 0 Å². The maximum Gasteiger partial charge on any atom is 0.286 e. The van der Waals surface area contributed by atoms with Crippen molar-refractivity contribution in [1.29, 1.82) is 0 Å². The van der Waals surface area contributed by atoms with Crippen molar-refractivity contribution in [2.75, 3.05) is 13.1 Å². The summed E-state index contributed by atoms with van der Waals surface area (Å²) in [5.74, 6) is -1.08. The molecule has 2 aromatic rings. The molecule has 3 heterocycles. The summed E-state index contributed by atoms with van der Waals surface area (Å²) in [4.78, 5) is 26.7. The molecular formula is C15H18N4O4S2. The van der Waals surface area contributed by atoms with E-state index in [0.717, 1.165) is 0 Å². The number of thiophene rings is 1. The van der Waals surface area contributed by atoms with Crippen molar-refractivity contribution in [1.82, 2.24) is 20.1 Å². The van der Waals surface area contributed by atoms with Gasteiger partial charge < -0.3 is 4.98 Å². The molecule has 0 aliphatic carbocycles. The summed E-state index contributed by atoms with van der Waals surface area (Å²) >= 11 is 1.18. The Morgan fingerprint density at radius 2 is 1.92 bits per heavy atom. The second-order valence-corrected chi connectivity index (χ2v) is 8.75. The summed E-state index contributed by atoms with van der Waals surface area (Å²) in [6.45, 7) is 0.561. The molecule has 0 bridgehead atoms. The minimum Gasteiger partial charge on any atom is -0.357 e. The lowest BCUT2D eigenvalue weighted by Crippen LogP contribution is -2.48. The first-order valence-electron chi connectivity index (χ1n) is 7.76. The molecule has 25 heavy (non-hydrogen) atoms. The first kappa shape index (κ1) is 17.6. The van der Waals surface area contributed by atoms with Crippen LogP contribution in [0.15, 0.2) is 40.1 Å². The Balaban J connectivity index is 1.50. The largest absolute Gasteiger partial charge is 0.357 e. The molecule has 1 aliphatic heterocycles. The van der Waals surface area contributed by atoms with Gasteiger partial charge >= 0.3 is 0 Å². The van der Waals surface area contributed by atoms with E-state index in [9.17, 15) is 18.0 Å². The number of carbonyl (C=O) groups is 2. The van der Waals surface area contributed by atoms with Crippen LogP contribution in [0.4, 0.5) is 0 Å². The van der Waals surface area contributed by atoms with E-state index in [0.29, 0.717) is 22.7 Å². The SMILES string of the molecule is O=C(NNC(=O)C1CCN(S(=O)(=O)c2cccs2)CC1)c1ccc[nH]1. The molecule has 1 aliphatic rings. The molecule has 3 N–H and O–H groups in total. The van der Waals surface area contributed by atoms with Crippen LogP contribution in [0, 0.1) is 5.92 Å². The van der Waals surface area contributed by atoms with E-state index in [2.05, 4.69) is 15.8 Å². The summed E-state index contributed by atoms with van der Waals surface area (Å²) in [5, 5.41) is 1.72. The summed E-state index contributed by atoms with van der Waals surface area (Å²) in [5.41, 5.74) is 5.09. The number of aromatic nitrogens is 1. The van der Waals surface area contributed by atoms with Gasteiger partial charge in [-0.05, 0) is 36.4 Å². The molecule has 0 radical (unpaired) electrons. The number of hydrogen-bond acceptors (Lipinski definition) is 5. The first-order valence-corrected chi connectivity index (χ1v) is 10.1. The Morgan fingerprint density at radius 3 is 2.52 bits per heavy atom. The lowest BCUT2D eigenvalue weighted by Gasteiger charge is -2.30. The topological polar surface area (TPSA) is 111 Å². The number of carbonyl (C=O) groups excluding carboxylic acids is 2. The fraction of sp³-hybridized carbons (Fsp3) is 0.333. The van der Waals surface area contributed by atoms with Crippen LogP contribution in [0.5, 0.6) is 0 Å². The molecule has 0 saturated carbocycles. The average molecular weight is 382 g/mol. The molecule has 0 spiro atoms. The smallest absolute Gasteiger partial charge is 0.286 e. The van der Waals surface area contributed by atoms with Crippen molar-refractivity contribution in [2.45, 2.75) is 17.1 Å². The van der Waals surface area contributed by atoms with Crippen LogP contribution in [-0.4, -0.2) is 42.6 Å². The third kappa shape index (κ3) is 3.91. The fourth-order valence-electron chi connectivity index (χ4n) is 2.66. The Kier molecular flexibility index (Phi) is 5.21. The van der Waals surface area contributed by atoms with Crippen molar-refractivity contribution in [2.24, 2.45) is 5.92 Å². The molecule has 1 saturated heterocycles. The van der Waals surface area contributed by atoms with Crippen molar-refractivity contribution in [3.63, 3.8) is 0 Å². The fourth-order valence-corrected chi connectivity index (χ4v) is 5.27. The maximum atomic E-state index is 12.4. The van der Waals surface area contributed by atoms with E-state index in [1.54, 1.807) is 35.8 Å². The molecule has 2 amide bonds. The van der Waals surface area contributed by atoms with Crippen LogP contribution in [0.3, 0.4) is 0 Å². The number of nitrogens with one attached hydrogen (secondary N) is 3. The standard InChI is InChI=1S/C15H18N4O4S2/c20-14(17-18-15(21)12-3-1-7-16-12)11-5-8-19(9-6-11)25(22,23)13-4-2-10-24-13/h1-4,7,10-11,16H,5-6,8-9H2,(H,17,20)(H,18,21). The van der Waals surface area contributed by atoms with E-state index < -0.39 is 15.9 Å². The number of sulfonamides is 1. The Morgan fingerprint density at radius 1 is 1.16 bits per heavy atom. The Labute approximate surface area is 149 Å². The predicted molar refractivity (Wildman–Crippen MR) is 92.2 cm³/mol. The van der Waals surface area contributed by atoms with Crippen LogP contribution in [0.2, 0.25) is 0 Å². The highest BCUT2D eigenvalue weighted by molar-refractivity contribution is 7.91. The second kappa shape index (κ2) is 7.38. The van der Waals surface area contributed by atoms with Crippen LogP contribution >= 0.6 is 11.3 Å². The number of aromatic amines is 1. The molecule has 134 valence electrons. The van der Waals surface area contributed by atoms with Gasteiger partial charge in [0.15, 0.2) is 0 Å². The third-order valence-electron chi connectivity index (χ3n) is 4.06. The lowest BCUT2D eigenvalue weighted by atomic mass is 9.98. The zero-order valence-corrected chi connectivity index (χ0v) is 14.9. The summed E-state index contributed by atoms with van der Waals surface area (Å²) in [6.07, 6.45) is 2.43. The van der Waals surface area contributed by atoms with Gasteiger partial charge in [-0.25, -0.2) is 8.42 Å². The van der Waals surface area contributed by atoms with Crippen LogP contribution in [0.1, 0.15) is 23.3 Å². The van der Waals surface area contributed by atoms with Crippen molar-refractivity contribution in [3.05, 3.63) is 41.5 Å². The number of hydrazine groups is 1. The highest BCUT2D eigenvalue weighted by atomic mass is 32.2. The van der Waals surface area contributed by atoms with Gasteiger partial charge in [0.2, 0.25) is 5.91 Å². The van der Waals surface area contributed by atoms with Crippen LogP contribution in [0.25, 0.3) is 0 Å². The van der Waals surface area contributed by atoms with Gasteiger partial charge in [0, 0.05) is 25.2 Å². The molecule has 0 unspecified atom stereocenters. The quantitative estimate of drug-likeness (QED) is 0.683. The number of amides is 2. The molecular weight excluding hydrogens is 364 g/mol. The average Bonchev–Trinajstić information content (AvgIpc) is 3.33. The number of hydrogen-bond donors (Lipinski definition) is 3. The molecule has 1 fully saturated rings. The van der Waals surface area contributed by atoms with Gasteiger partial charge in [-0.2, -0.15) is 4.31 Å². The number of nitrogens with zero attached hydrogens (tertiary/aromatic N) is 1. The second-order valence-electron chi connectivity index (χ2n) is 5.64. The van der Waals surface area contributed by atoms with Crippen LogP contribution < -0.4 is 10.9 Å². The molecule has 3 rings (SSSR count). The predicted octanol–water partition coefficient (Wildman–Crippen LogP) is 0.938. The highest BCUT2D eigenvalue weighted by Crippen LogP contribution is 2.26. The van der Waals surface area contributed by atoms with E-state index in [1.165, 1.54) is 15.6 Å². The van der Waals surface area contributed by atoms with E-state index >= 15 is 0 Å². The zero-order chi connectivity index (χ0) is 17.9. The molecule has 10 heteroatoms. The minimum absolute atomic E-state index is 0.281. The number of piperidine rings is 1. The van der Waals surface area contributed by atoms with Crippen molar-refractivity contribution in [3.8, 4) is 0 Å². The van der Waals surface area contributed by atoms with Gasteiger partial charge in [0.1, 0.15) is 9.90 Å². The third-order valence-corrected chi connectivity index (χ3v) is 7.33. The number of H-pyrrole nitrogens is 1. The molecule has 8 nitrogen and oxygen atoms in total. The molecule has 0 aromatic carbocycles. The molecule has 0 atom stereocenters. The van der Waals surface area contributed by atoms with Crippen LogP contribution in [-0.2, 0) is 14.8 Å². The normalized spacial score (nSPS) is 16.5. The lowest BCUT2D eigenvalue weighted by molar-refractivity contribution is -0.126. The summed E-state index contributed by atoms with van der Waals surface area (Å²) in [7, 11) is -3.48. The number of rotatable bonds is 4. The first-order chi connectivity index (χ1) is 12.0. The Hall–Kier alpha value is -2.17.